The molecule has 1 N–H and O–H groups in total. The second-order valence-corrected chi connectivity index (χ2v) is 10.4. The lowest BCUT2D eigenvalue weighted by Crippen LogP contribution is -2.65. The molecule has 0 radical (unpaired) electrons. The van der Waals surface area contributed by atoms with Gasteiger partial charge < -0.3 is 19.5 Å². The fourth-order valence-electron chi connectivity index (χ4n) is 5.33. The van der Waals surface area contributed by atoms with Crippen molar-refractivity contribution in [3.05, 3.63) is 58.1 Å². The largest absolute Gasteiger partial charge is 0.486 e. The van der Waals surface area contributed by atoms with Gasteiger partial charge in [-0.25, -0.2) is 8.78 Å². The molecule has 3 saturated carbocycles. The van der Waals surface area contributed by atoms with Crippen molar-refractivity contribution in [3.8, 4) is 11.5 Å². The normalized spacial score (nSPS) is 24.9. The van der Waals surface area contributed by atoms with Gasteiger partial charge in [0.1, 0.15) is 29.7 Å². The molecule has 2 bridgehead atoms. The van der Waals surface area contributed by atoms with Crippen molar-refractivity contribution < 1.29 is 32.6 Å². The highest BCUT2D eigenvalue weighted by Gasteiger charge is 2.55. The van der Waals surface area contributed by atoms with Crippen LogP contribution >= 0.6 is 23.2 Å². The first kappa shape index (κ1) is 26.6. The second-order valence-electron chi connectivity index (χ2n) is 9.58. The maximum absolute atomic E-state index is 13.6. The Bertz CT molecular complexity index is 1140. The molecule has 36 heavy (non-hydrogen) atoms. The lowest BCUT2D eigenvalue weighted by Gasteiger charge is -2.57. The molecule has 0 heterocycles. The quantitative estimate of drug-likeness (QED) is 0.428. The van der Waals surface area contributed by atoms with Crippen molar-refractivity contribution in [3.63, 3.8) is 0 Å². The standard InChI is InChI=1S/C26H27Cl2F2NO5/c1-34-23-13-25(12-16(32)14-35-17-2-4-19(27)21(29)10-17)6-8-26(23,9-7-25)31-24(33)15-36-18-3-5-20(28)22(30)11-18/h2-5,10-11,23H,6-9,12-15H2,1H3,(H,31,33). The van der Waals surface area contributed by atoms with Gasteiger partial charge in [-0.3, -0.25) is 9.59 Å². The first-order valence-electron chi connectivity index (χ1n) is 11.6. The molecule has 5 rings (SSSR count). The zero-order valence-electron chi connectivity index (χ0n) is 19.8. The number of Topliss-reactive ketones (excluding diaryl/α,β-unsaturated/α-hetero) is 1. The fourth-order valence-corrected chi connectivity index (χ4v) is 5.57. The molecule has 0 aromatic heterocycles. The minimum atomic E-state index is -0.621. The van der Waals surface area contributed by atoms with Crippen molar-refractivity contribution in [2.24, 2.45) is 5.41 Å². The van der Waals surface area contributed by atoms with Crippen molar-refractivity contribution in [1.29, 1.82) is 0 Å². The molecule has 0 aliphatic heterocycles. The minimum Gasteiger partial charge on any atom is -0.486 e. The monoisotopic (exact) mass is 541 g/mol. The van der Waals surface area contributed by atoms with Gasteiger partial charge in [0.05, 0.1) is 21.7 Å². The van der Waals surface area contributed by atoms with Crippen LogP contribution in [0.4, 0.5) is 8.78 Å². The number of rotatable bonds is 10. The number of methoxy groups -OCH3 is 1. The summed E-state index contributed by atoms with van der Waals surface area (Å²) in [5.74, 6) is -1.18. The number of carbonyl (C=O) groups excluding carboxylic acids is 2. The Hall–Kier alpha value is -2.42. The zero-order chi connectivity index (χ0) is 25.9. The number of hydrogen-bond donors (Lipinski definition) is 1. The number of ketones is 1. The summed E-state index contributed by atoms with van der Waals surface area (Å²) in [6, 6.07) is 8.04. The predicted molar refractivity (Wildman–Crippen MR) is 131 cm³/mol. The highest BCUT2D eigenvalue weighted by Crippen LogP contribution is 2.55. The van der Waals surface area contributed by atoms with Gasteiger partial charge in [0.15, 0.2) is 12.4 Å². The number of hydrogen-bond acceptors (Lipinski definition) is 5. The Morgan fingerprint density at radius 1 is 0.944 bits per heavy atom. The third-order valence-electron chi connectivity index (χ3n) is 7.23. The number of benzene rings is 2. The molecule has 194 valence electrons. The Kier molecular flexibility index (Phi) is 8.07. The molecule has 0 saturated heterocycles. The Labute approximate surface area is 218 Å². The number of amides is 1. The summed E-state index contributed by atoms with van der Waals surface area (Å²) >= 11 is 11.4. The molecule has 6 nitrogen and oxygen atoms in total. The van der Waals surface area contributed by atoms with E-state index in [1.165, 1.54) is 24.3 Å². The van der Waals surface area contributed by atoms with E-state index >= 15 is 0 Å². The van der Waals surface area contributed by atoms with Gasteiger partial charge in [-0.2, -0.15) is 0 Å². The Balaban J connectivity index is 1.31. The lowest BCUT2D eigenvalue weighted by atomic mass is 9.54. The number of halogens is 4. The smallest absolute Gasteiger partial charge is 0.258 e. The highest BCUT2D eigenvalue weighted by atomic mass is 35.5. The summed E-state index contributed by atoms with van der Waals surface area (Å²) in [6.07, 6.45) is 3.48. The van der Waals surface area contributed by atoms with E-state index in [1.807, 2.05) is 0 Å². The molecule has 0 spiro atoms. The van der Waals surface area contributed by atoms with Crippen molar-refractivity contribution in [2.75, 3.05) is 20.3 Å². The highest BCUT2D eigenvalue weighted by molar-refractivity contribution is 6.31. The molecule has 1 unspecified atom stereocenters. The average Bonchev–Trinajstić information content (AvgIpc) is 2.86. The van der Waals surface area contributed by atoms with Crippen molar-refractivity contribution >= 4 is 34.9 Å². The maximum Gasteiger partial charge on any atom is 0.258 e. The van der Waals surface area contributed by atoms with E-state index in [9.17, 15) is 18.4 Å². The van der Waals surface area contributed by atoms with E-state index in [2.05, 4.69) is 5.32 Å². The summed E-state index contributed by atoms with van der Waals surface area (Å²) in [4.78, 5) is 25.4. The predicted octanol–water partition coefficient (Wildman–Crippen LogP) is 5.52. The number of nitrogens with one attached hydrogen (secondary N) is 1. The summed E-state index contributed by atoms with van der Waals surface area (Å²) < 4.78 is 43.9. The molecule has 1 atom stereocenters. The van der Waals surface area contributed by atoms with Crippen LogP contribution in [0.25, 0.3) is 0 Å². The summed E-state index contributed by atoms with van der Waals surface area (Å²) in [5.41, 5.74) is -0.793. The first-order valence-corrected chi connectivity index (χ1v) is 12.4. The number of carbonyl (C=O) groups is 2. The molecule has 1 amide bonds. The van der Waals surface area contributed by atoms with E-state index in [-0.39, 0.29) is 58.0 Å². The average molecular weight is 542 g/mol. The van der Waals surface area contributed by atoms with Crippen LogP contribution in [-0.2, 0) is 14.3 Å². The van der Waals surface area contributed by atoms with E-state index in [0.717, 1.165) is 25.0 Å². The molecule has 2 aromatic rings. The number of ether oxygens (including phenoxy) is 3. The van der Waals surface area contributed by atoms with Crippen molar-refractivity contribution in [2.45, 2.75) is 50.2 Å². The molecule has 3 aliphatic carbocycles. The minimum absolute atomic E-state index is 0.0106. The van der Waals surface area contributed by atoms with Crippen LogP contribution < -0.4 is 14.8 Å². The molecule has 2 aromatic carbocycles. The fraction of sp³-hybridized carbons (Fsp3) is 0.462. The Morgan fingerprint density at radius 3 is 2.03 bits per heavy atom. The van der Waals surface area contributed by atoms with Gasteiger partial charge in [-0.05, 0) is 61.8 Å². The third kappa shape index (κ3) is 5.93. The van der Waals surface area contributed by atoms with E-state index in [4.69, 9.17) is 37.4 Å². The zero-order valence-corrected chi connectivity index (χ0v) is 21.3. The molecular weight excluding hydrogens is 515 g/mol. The van der Waals surface area contributed by atoms with Crippen LogP contribution in [0.5, 0.6) is 11.5 Å². The van der Waals surface area contributed by atoms with Crippen LogP contribution in [-0.4, -0.2) is 43.7 Å². The summed E-state index contributed by atoms with van der Waals surface area (Å²) in [5, 5.41) is 3.05. The maximum atomic E-state index is 13.6. The van der Waals surface area contributed by atoms with Gasteiger partial charge >= 0.3 is 0 Å². The van der Waals surface area contributed by atoms with E-state index in [1.54, 1.807) is 7.11 Å². The summed E-state index contributed by atoms with van der Waals surface area (Å²) in [6.45, 7) is -0.434. The van der Waals surface area contributed by atoms with Crippen LogP contribution in [0, 0.1) is 17.0 Å². The van der Waals surface area contributed by atoms with Gasteiger partial charge in [-0.1, -0.05) is 23.2 Å². The SMILES string of the molecule is COC1CC2(CC(=O)COc3ccc(Cl)c(F)c3)CCC1(NC(=O)COc1ccc(Cl)c(F)c1)CC2. The number of fused-ring (bicyclic) bond motifs is 3. The van der Waals surface area contributed by atoms with Gasteiger partial charge in [0.25, 0.3) is 5.91 Å². The first-order chi connectivity index (χ1) is 17.1. The van der Waals surface area contributed by atoms with E-state index < -0.39 is 17.2 Å². The molecule has 3 fully saturated rings. The van der Waals surface area contributed by atoms with Crippen LogP contribution in [0.3, 0.4) is 0 Å². The van der Waals surface area contributed by atoms with Crippen molar-refractivity contribution in [1.82, 2.24) is 5.32 Å². The summed E-state index contributed by atoms with van der Waals surface area (Å²) in [7, 11) is 1.60. The van der Waals surface area contributed by atoms with Gasteiger partial charge in [-0.15, -0.1) is 0 Å². The third-order valence-corrected chi connectivity index (χ3v) is 7.85. The molecular formula is C26H27Cl2F2NO5. The lowest BCUT2D eigenvalue weighted by molar-refractivity contribution is -0.144. The Morgan fingerprint density at radius 2 is 1.50 bits per heavy atom. The van der Waals surface area contributed by atoms with Gasteiger partial charge in [0.2, 0.25) is 0 Å². The molecule has 10 heteroatoms. The van der Waals surface area contributed by atoms with E-state index in [0.29, 0.717) is 25.7 Å². The topological polar surface area (TPSA) is 73.9 Å². The molecule has 3 aliphatic rings. The van der Waals surface area contributed by atoms with Crippen LogP contribution in [0.1, 0.15) is 38.5 Å². The van der Waals surface area contributed by atoms with Crippen LogP contribution in [0.15, 0.2) is 36.4 Å². The van der Waals surface area contributed by atoms with Crippen LogP contribution in [0.2, 0.25) is 10.0 Å². The van der Waals surface area contributed by atoms with Gasteiger partial charge in [0, 0.05) is 25.7 Å². The second kappa shape index (κ2) is 10.9.